The summed E-state index contributed by atoms with van der Waals surface area (Å²) < 4.78 is 5.16. The van der Waals surface area contributed by atoms with E-state index in [1.165, 1.54) is 37.7 Å². The number of benzene rings is 2. The number of hydrogen-bond acceptors (Lipinski definition) is 3. The summed E-state index contributed by atoms with van der Waals surface area (Å²) in [5.41, 5.74) is 2.85. The van der Waals surface area contributed by atoms with Gasteiger partial charge in [0.25, 0.3) is 5.91 Å². The smallest absolute Gasteiger partial charge is 0.253 e. The Kier molecular flexibility index (Phi) is 6.51. The minimum absolute atomic E-state index is 0.0175. The number of hydrogen-bond donors (Lipinski definition) is 0. The van der Waals surface area contributed by atoms with Crippen LogP contribution in [0.4, 0.5) is 0 Å². The van der Waals surface area contributed by atoms with Crippen LogP contribution in [0, 0.1) is 5.92 Å². The van der Waals surface area contributed by atoms with Crippen LogP contribution in [0.15, 0.2) is 48.5 Å². The zero-order valence-electron chi connectivity index (χ0n) is 17.8. The molecule has 0 unspecified atom stereocenters. The molecule has 1 aliphatic heterocycles. The Hall–Kier alpha value is -2.62. The molecule has 1 amide bonds. The van der Waals surface area contributed by atoms with Gasteiger partial charge >= 0.3 is 0 Å². The van der Waals surface area contributed by atoms with Gasteiger partial charge in [-0.2, -0.15) is 0 Å². The second kappa shape index (κ2) is 9.46. The molecule has 4 nitrogen and oxygen atoms in total. The lowest BCUT2D eigenvalue weighted by molar-refractivity contribution is 0.0650. The summed E-state index contributed by atoms with van der Waals surface area (Å²) in [5, 5.41) is 0. The first-order valence-corrected chi connectivity index (χ1v) is 11.2. The van der Waals surface area contributed by atoms with Gasteiger partial charge in [0.1, 0.15) is 5.75 Å². The quantitative estimate of drug-likeness (QED) is 0.619. The van der Waals surface area contributed by atoms with Gasteiger partial charge in [0.15, 0.2) is 5.78 Å². The second-order valence-corrected chi connectivity index (χ2v) is 8.62. The van der Waals surface area contributed by atoms with Crippen molar-refractivity contribution in [3.63, 3.8) is 0 Å². The monoisotopic (exact) mass is 405 g/mol. The summed E-state index contributed by atoms with van der Waals surface area (Å²) in [5.74, 6) is 1.64. The van der Waals surface area contributed by atoms with Crippen molar-refractivity contribution in [1.29, 1.82) is 0 Å². The van der Waals surface area contributed by atoms with Crippen molar-refractivity contribution >= 4 is 11.7 Å². The molecule has 1 heterocycles. The number of ketones is 1. The fourth-order valence-electron chi connectivity index (χ4n) is 4.85. The molecule has 1 saturated heterocycles. The first kappa shape index (κ1) is 20.6. The Morgan fingerprint density at radius 1 is 0.800 bits per heavy atom. The first-order valence-electron chi connectivity index (χ1n) is 11.2. The average Bonchev–Trinajstić information content (AvgIpc) is 2.84. The maximum atomic E-state index is 12.9. The normalized spacial score (nSPS) is 18.2. The van der Waals surface area contributed by atoms with Crippen molar-refractivity contribution in [3.05, 3.63) is 65.2 Å². The van der Waals surface area contributed by atoms with Crippen LogP contribution in [0.1, 0.15) is 77.1 Å². The zero-order chi connectivity index (χ0) is 20.9. The Balaban J connectivity index is 1.33. The minimum atomic E-state index is -0.0175. The highest BCUT2D eigenvalue weighted by molar-refractivity contribution is 5.98. The van der Waals surface area contributed by atoms with Gasteiger partial charge in [-0.25, -0.2) is 0 Å². The molecule has 0 atom stereocenters. The molecule has 0 radical (unpaired) electrons. The third-order valence-corrected chi connectivity index (χ3v) is 6.76. The number of carbonyl (C=O) groups excluding carboxylic acids is 2. The number of Topliss-reactive ketones (excluding diaryl/α,β-unsaturated/α-hetero) is 1. The van der Waals surface area contributed by atoms with Gasteiger partial charge in [-0.3, -0.25) is 9.59 Å². The van der Waals surface area contributed by atoms with Crippen LogP contribution in [-0.2, 0) is 0 Å². The van der Waals surface area contributed by atoms with Crippen LogP contribution < -0.4 is 4.74 Å². The maximum absolute atomic E-state index is 12.9. The van der Waals surface area contributed by atoms with Crippen LogP contribution in [0.2, 0.25) is 0 Å². The van der Waals surface area contributed by atoms with E-state index in [2.05, 4.69) is 12.1 Å². The van der Waals surface area contributed by atoms with Crippen molar-refractivity contribution in [3.8, 4) is 5.75 Å². The lowest BCUT2D eigenvalue weighted by atomic mass is 9.84. The molecular weight excluding hydrogens is 374 g/mol. The van der Waals surface area contributed by atoms with Gasteiger partial charge in [-0.05, 0) is 73.6 Å². The van der Waals surface area contributed by atoms with Crippen molar-refractivity contribution in [2.75, 3.05) is 20.2 Å². The van der Waals surface area contributed by atoms with E-state index >= 15 is 0 Å². The number of nitrogens with zero attached hydrogens (tertiary/aromatic N) is 1. The number of likely N-dealkylation sites (tertiary alicyclic amines) is 1. The van der Waals surface area contributed by atoms with Gasteiger partial charge in [0.2, 0.25) is 0 Å². The van der Waals surface area contributed by atoms with Gasteiger partial charge in [-0.15, -0.1) is 0 Å². The molecular formula is C26H31NO3. The van der Waals surface area contributed by atoms with Gasteiger partial charge in [0, 0.05) is 30.1 Å². The highest BCUT2D eigenvalue weighted by atomic mass is 16.5. The fourth-order valence-corrected chi connectivity index (χ4v) is 4.85. The van der Waals surface area contributed by atoms with E-state index in [9.17, 15) is 9.59 Å². The van der Waals surface area contributed by atoms with E-state index in [4.69, 9.17) is 4.74 Å². The SMILES string of the molecule is COc1ccc(C(=O)C2CCN(C(=O)c3ccc(C4CCCCC4)cc3)CC2)cc1. The Morgan fingerprint density at radius 3 is 2.00 bits per heavy atom. The summed E-state index contributed by atoms with van der Waals surface area (Å²) in [6.45, 7) is 1.27. The molecule has 2 aliphatic rings. The molecule has 30 heavy (non-hydrogen) atoms. The Bertz CT molecular complexity index is 858. The summed E-state index contributed by atoms with van der Waals surface area (Å²) in [4.78, 5) is 27.6. The number of piperidine rings is 1. The van der Waals surface area contributed by atoms with Crippen LogP contribution in [0.25, 0.3) is 0 Å². The molecule has 0 spiro atoms. The molecule has 1 saturated carbocycles. The molecule has 0 bridgehead atoms. The number of carbonyl (C=O) groups is 2. The van der Waals surface area contributed by atoms with Crippen molar-refractivity contribution in [2.45, 2.75) is 50.9 Å². The first-order chi connectivity index (χ1) is 14.7. The van der Waals surface area contributed by atoms with Crippen molar-refractivity contribution < 1.29 is 14.3 Å². The number of amides is 1. The minimum Gasteiger partial charge on any atom is -0.497 e. The second-order valence-electron chi connectivity index (χ2n) is 8.62. The van der Waals surface area contributed by atoms with E-state index < -0.39 is 0 Å². The van der Waals surface area contributed by atoms with E-state index in [0.717, 1.165) is 29.7 Å². The van der Waals surface area contributed by atoms with Crippen molar-refractivity contribution in [1.82, 2.24) is 4.90 Å². The van der Waals surface area contributed by atoms with Gasteiger partial charge in [-0.1, -0.05) is 31.4 Å². The van der Waals surface area contributed by atoms with Crippen LogP contribution in [0.3, 0.4) is 0 Å². The summed E-state index contributed by atoms with van der Waals surface area (Å²) in [6.07, 6.45) is 7.95. The van der Waals surface area contributed by atoms with Crippen LogP contribution in [-0.4, -0.2) is 36.8 Å². The third-order valence-electron chi connectivity index (χ3n) is 6.76. The third kappa shape index (κ3) is 4.58. The van der Waals surface area contributed by atoms with Crippen molar-refractivity contribution in [2.24, 2.45) is 5.92 Å². The van der Waals surface area contributed by atoms with E-state index in [1.54, 1.807) is 7.11 Å². The molecule has 158 valence electrons. The standard InChI is InChI=1S/C26H31NO3/c1-30-24-13-11-21(12-14-24)25(28)22-15-17-27(18-16-22)26(29)23-9-7-20(8-10-23)19-5-3-2-4-6-19/h7-14,19,22H,2-6,15-18H2,1H3. The summed E-state index contributed by atoms with van der Waals surface area (Å²) in [7, 11) is 1.62. The zero-order valence-corrected chi connectivity index (χ0v) is 17.8. The molecule has 0 aromatic heterocycles. The predicted molar refractivity (Wildman–Crippen MR) is 118 cm³/mol. The number of ether oxygens (including phenoxy) is 1. The molecule has 2 aromatic rings. The Labute approximate surface area is 179 Å². The molecule has 4 heteroatoms. The fraction of sp³-hybridized carbons (Fsp3) is 0.462. The highest BCUT2D eigenvalue weighted by Crippen LogP contribution is 2.33. The topological polar surface area (TPSA) is 46.6 Å². The maximum Gasteiger partial charge on any atom is 0.253 e. The lowest BCUT2D eigenvalue weighted by Gasteiger charge is -2.31. The highest BCUT2D eigenvalue weighted by Gasteiger charge is 2.28. The van der Waals surface area contributed by atoms with E-state index in [1.807, 2.05) is 41.3 Å². The molecule has 2 fully saturated rings. The van der Waals surface area contributed by atoms with Crippen LogP contribution in [0.5, 0.6) is 5.75 Å². The molecule has 0 N–H and O–H groups in total. The largest absolute Gasteiger partial charge is 0.497 e. The van der Waals surface area contributed by atoms with Gasteiger partial charge < -0.3 is 9.64 Å². The lowest BCUT2D eigenvalue weighted by Crippen LogP contribution is -2.40. The summed E-state index contributed by atoms with van der Waals surface area (Å²) in [6, 6.07) is 15.6. The number of methoxy groups -OCH3 is 1. The van der Waals surface area contributed by atoms with E-state index in [0.29, 0.717) is 19.0 Å². The van der Waals surface area contributed by atoms with Crippen LogP contribution >= 0.6 is 0 Å². The Morgan fingerprint density at radius 2 is 1.40 bits per heavy atom. The average molecular weight is 406 g/mol. The molecule has 2 aromatic carbocycles. The van der Waals surface area contributed by atoms with E-state index in [-0.39, 0.29) is 17.6 Å². The molecule has 4 rings (SSSR count). The van der Waals surface area contributed by atoms with Gasteiger partial charge in [0.05, 0.1) is 7.11 Å². The summed E-state index contributed by atoms with van der Waals surface area (Å²) >= 11 is 0. The molecule has 1 aliphatic carbocycles. The predicted octanol–water partition coefficient (Wildman–Crippen LogP) is 5.48. The number of rotatable bonds is 5.